The smallest absolute Gasteiger partial charge is 0.0178 e. The highest BCUT2D eigenvalue weighted by atomic mass is 127. The molecule has 0 radical (unpaired) electrons. The van der Waals surface area contributed by atoms with Crippen molar-refractivity contribution in [2.45, 2.75) is 13.3 Å². The fourth-order valence-corrected chi connectivity index (χ4v) is 1.21. The molecule has 0 aliphatic rings. The number of hydrogen-bond acceptors (Lipinski definition) is 1. The van der Waals surface area contributed by atoms with E-state index in [0.717, 1.165) is 17.4 Å². The van der Waals surface area contributed by atoms with Gasteiger partial charge in [0.15, 0.2) is 0 Å². The van der Waals surface area contributed by atoms with Crippen molar-refractivity contribution in [3.63, 3.8) is 0 Å². The predicted octanol–water partition coefficient (Wildman–Crippen LogP) is 1.72. The van der Waals surface area contributed by atoms with Crippen molar-refractivity contribution in [1.82, 2.24) is 0 Å². The van der Waals surface area contributed by atoms with Crippen LogP contribution in [0.1, 0.15) is 13.3 Å². The molecule has 0 aromatic carbocycles. The van der Waals surface area contributed by atoms with Crippen LogP contribution in [0.4, 0.5) is 0 Å². The van der Waals surface area contributed by atoms with Crippen molar-refractivity contribution in [1.29, 1.82) is 0 Å². The fourth-order valence-electron chi connectivity index (χ4n) is 0.461. The van der Waals surface area contributed by atoms with Crippen LogP contribution in [0.5, 0.6) is 0 Å². The Balaban J connectivity index is 3.29. The van der Waals surface area contributed by atoms with Crippen molar-refractivity contribution in [2.75, 3.05) is 11.0 Å². The molecule has 0 aromatic rings. The Hall–Kier alpha value is 0.430. The van der Waals surface area contributed by atoms with Gasteiger partial charge in [-0.05, 0) is 19.9 Å². The van der Waals surface area contributed by atoms with Gasteiger partial charge in [-0.3, -0.25) is 0 Å². The Morgan fingerprint density at radius 2 is 2.38 bits per heavy atom. The summed E-state index contributed by atoms with van der Waals surface area (Å²) in [4.78, 5) is 0. The Morgan fingerprint density at radius 3 is 2.75 bits per heavy atom. The zero-order chi connectivity index (χ0) is 6.41. The molecule has 0 amide bonds. The second-order valence-electron chi connectivity index (χ2n) is 1.74. The molecule has 0 fully saturated rings. The zero-order valence-corrected chi connectivity index (χ0v) is 7.31. The molecular formula is C6H12IN. The highest BCUT2D eigenvalue weighted by molar-refractivity contribution is 14.1. The van der Waals surface area contributed by atoms with Crippen molar-refractivity contribution >= 4 is 22.6 Å². The van der Waals surface area contributed by atoms with Gasteiger partial charge in [-0.1, -0.05) is 34.2 Å². The van der Waals surface area contributed by atoms with Crippen molar-refractivity contribution in [3.8, 4) is 0 Å². The van der Waals surface area contributed by atoms with E-state index in [1.807, 2.05) is 0 Å². The summed E-state index contributed by atoms with van der Waals surface area (Å²) < 4.78 is 1.10. The van der Waals surface area contributed by atoms with E-state index in [0.29, 0.717) is 0 Å². The van der Waals surface area contributed by atoms with Crippen LogP contribution in [0.3, 0.4) is 0 Å². The van der Waals surface area contributed by atoms with Crippen molar-refractivity contribution in [3.05, 3.63) is 11.6 Å². The normalized spacial score (nSPS) is 12.1. The summed E-state index contributed by atoms with van der Waals surface area (Å²) in [6.07, 6.45) is 3.25. The van der Waals surface area contributed by atoms with Gasteiger partial charge in [-0.25, -0.2) is 0 Å². The van der Waals surface area contributed by atoms with Crippen LogP contribution in [-0.4, -0.2) is 11.0 Å². The minimum atomic E-state index is 0.777. The average Bonchev–Trinajstić information content (AvgIpc) is 1.68. The molecule has 1 nitrogen and oxygen atoms in total. The van der Waals surface area contributed by atoms with E-state index < -0.39 is 0 Å². The summed E-state index contributed by atoms with van der Waals surface area (Å²) in [6, 6.07) is 0. The standard InChI is InChI=1S/C6H12IN/c1-6(2-4-7)3-5-8/h2H,3-5,8H2,1H3/b6-2-. The number of halogens is 1. The molecule has 0 bridgehead atoms. The van der Waals surface area contributed by atoms with Crippen LogP contribution < -0.4 is 5.73 Å². The van der Waals surface area contributed by atoms with Gasteiger partial charge in [-0.15, -0.1) is 0 Å². The largest absolute Gasteiger partial charge is 0.330 e. The van der Waals surface area contributed by atoms with E-state index in [4.69, 9.17) is 5.73 Å². The van der Waals surface area contributed by atoms with E-state index >= 15 is 0 Å². The molecule has 8 heavy (non-hydrogen) atoms. The molecule has 2 heteroatoms. The molecule has 48 valence electrons. The number of alkyl halides is 1. The first-order chi connectivity index (χ1) is 3.81. The maximum absolute atomic E-state index is 5.32. The van der Waals surface area contributed by atoms with Gasteiger partial charge in [0, 0.05) is 4.43 Å². The molecule has 0 heterocycles. The van der Waals surface area contributed by atoms with Crippen LogP contribution in [0.25, 0.3) is 0 Å². The first-order valence-corrected chi connectivity index (χ1v) is 4.25. The third-order valence-electron chi connectivity index (χ3n) is 0.964. The highest BCUT2D eigenvalue weighted by Crippen LogP contribution is 1.98. The minimum Gasteiger partial charge on any atom is -0.330 e. The Kier molecular flexibility index (Phi) is 5.86. The minimum absolute atomic E-state index is 0.777. The number of hydrogen-bond donors (Lipinski definition) is 1. The molecule has 0 rings (SSSR count). The van der Waals surface area contributed by atoms with Gasteiger partial charge < -0.3 is 5.73 Å². The first kappa shape index (κ1) is 8.43. The zero-order valence-electron chi connectivity index (χ0n) is 5.15. The van der Waals surface area contributed by atoms with E-state index in [9.17, 15) is 0 Å². The summed E-state index contributed by atoms with van der Waals surface area (Å²) in [7, 11) is 0. The number of nitrogens with two attached hydrogens (primary N) is 1. The Labute approximate surface area is 64.5 Å². The molecule has 0 saturated heterocycles. The van der Waals surface area contributed by atoms with Gasteiger partial charge >= 0.3 is 0 Å². The third-order valence-corrected chi connectivity index (χ3v) is 1.40. The van der Waals surface area contributed by atoms with E-state index in [2.05, 4.69) is 35.6 Å². The molecule has 0 aromatic heterocycles. The summed E-state index contributed by atoms with van der Waals surface area (Å²) in [6.45, 7) is 2.89. The molecule has 0 aliphatic heterocycles. The fraction of sp³-hybridized carbons (Fsp3) is 0.667. The summed E-state index contributed by atoms with van der Waals surface area (Å²) >= 11 is 2.33. The van der Waals surface area contributed by atoms with Crippen LogP contribution in [0, 0.1) is 0 Å². The summed E-state index contributed by atoms with van der Waals surface area (Å²) in [5, 5.41) is 0. The van der Waals surface area contributed by atoms with Gasteiger partial charge in [0.25, 0.3) is 0 Å². The SMILES string of the molecule is C/C(=C/CI)CCN. The van der Waals surface area contributed by atoms with E-state index in [1.165, 1.54) is 5.57 Å². The van der Waals surface area contributed by atoms with Crippen LogP contribution in [0.2, 0.25) is 0 Å². The van der Waals surface area contributed by atoms with Crippen LogP contribution in [0.15, 0.2) is 11.6 Å². The lowest BCUT2D eigenvalue weighted by Crippen LogP contribution is -1.98. The van der Waals surface area contributed by atoms with E-state index in [1.54, 1.807) is 0 Å². The molecule has 0 aliphatic carbocycles. The van der Waals surface area contributed by atoms with Gasteiger partial charge in [0.2, 0.25) is 0 Å². The van der Waals surface area contributed by atoms with Crippen LogP contribution >= 0.6 is 22.6 Å². The maximum atomic E-state index is 5.32. The van der Waals surface area contributed by atoms with Crippen molar-refractivity contribution < 1.29 is 0 Å². The molecule has 0 unspecified atom stereocenters. The number of rotatable bonds is 3. The lowest BCUT2D eigenvalue weighted by Gasteiger charge is -1.93. The second-order valence-corrected chi connectivity index (χ2v) is 2.62. The third kappa shape index (κ3) is 4.59. The number of allylic oxidation sites excluding steroid dienone is 1. The highest BCUT2D eigenvalue weighted by Gasteiger charge is 1.82. The van der Waals surface area contributed by atoms with E-state index in [-0.39, 0.29) is 0 Å². The molecule has 0 spiro atoms. The van der Waals surface area contributed by atoms with Gasteiger partial charge in [0.1, 0.15) is 0 Å². The molecular weight excluding hydrogens is 213 g/mol. The maximum Gasteiger partial charge on any atom is 0.0178 e. The molecule has 0 atom stereocenters. The van der Waals surface area contributed by atoms with Crippen molar-refractivity contribution in [2.24, 2.45) is 5.73 Å². The quantitative estimate of drug-likeness (QED) is 0.441. The molecule has 0 saturated carbocycles. The topological polar surface area (TPSA) is 26.0 Å². The van der Waals surface area contributed by atoms with Gasteiger partial charge in [-0.2, -0.15) is 0 Å². The Morgan fingerprint density at radius 1 is 1.75 bits per heavy atom. The van der Waals surface area contributed by atoms with Crippen LogP contribution in [-0.2, 0) is 0 Å². The monoisotopic (exact) mass is 225 g/mol. The second kappa shape index (κ2) is 5.56. The lowest BCUT2D eigenvalue weighted by molar-refractivity contribution is 0.948. The average molecular weight is 225 g/mol. The summed E-state index contributed by atoms with van der Waals surface area (Å²) in [5.41, 5.74) is 6.72. The van der Waals surface area contributed by atoms with Gasteiger partial charge in [0.05, 0.1) is 0 Å². The first-order valence-electron chi connectivity index (χ1n) is 2.73. The molecule has 2 N–H and O–H groups in total. The predicted molar refractivity (Wildman–Crippen MR) is 46.3 cm³/mol. The summed E-state index contributed by atoms with van der Waals surface area (Å²) in [5.74, 6) is 0. The Bertz CT molecular complexity index is 78.6. The lowest BCUT2D eigenvalue weighted by atomic mass is 10.2.